The van der Waals surface area contributed by atoms with Crippen LogP contribution >= 0.6 is 0 Å². The van der Waals surface area contributed by atoms with Crippen LogP contribution in [0.25, 0.3) is 0 Å². The van der Waals surface area contributed by atoms with Crippen molar-refractivity contribution in [2.75, 3.05) is 12.4 Å². The smallest absolute Gasteiger partial charge is 0.269 e. The van der Waals surface area contributed by atoms with E-state index in [0.717, 1.165) is 0 Å². The average Bonchev–Trinajstić information content (AvgIpc) is 2.83. The fraction of sp³-hybridized carbons (Fsp3) is 0.267. The minimum absolute atomic E-state index is 0.196. The molecule has 0 saturated heterocycles. The summed E-state index contributed by atoms with van der Waals surface area (Å²) in [4.78, 5) is 23.9. The third-order valence-corrected chi connectivity index (χ3v) is 3.25. The van der Waals surface area contributed by atoms with Crippen molar-refractivity contribution >= 4 is 17.5 Å². The van der Waals surface area contributed by atoms with E-state index in [1.54, 1.807) is 38.3 Å². The van der Waals surface area contributed by atoms with Crippen molar-refractivity contribution in [1.29, 1.82) is 0 Å². The Labute approximate surface area is 128 Å². The molecule has 1 heterocycles. The fourth-order valence-corrected chi connectivity index (χ4v) is 2.14. The molecule has 0 radical (unpaired) electrons. The summed E-state index contributed by atoms with van der Waals surface area (Å²) in [7, 11) is 1.55. The van der Waals surface area contributed by atoms with Gasteiger partial charge in [-0.1, -0.05) is 0 Å². The Balaban J connectivity index is 2.31. The van der Waals surface area contributed by atoms with Crippen molar-refractivity contribution < 1.29 is 14.3 Å². The molecule has 22 heavy (non-hydrogen) atoms. The Morgan fingerprint density at radius 1 is 1.32 bits per heavy atom. The van der Waals surface area contributed by atoms with Gasteiger partial charge in [0.25, 0.3) is 11.8 Å². The number of primary amides is 1. The number of carbonyl (C=O) groups is 2. The van der Waals surface area contributed by atoms with Gasteiger partial charge in [0.05, 0.1) is 18.5 Å². The molecule has 0 aliphatic heterocycles. The van der Waals surface area contributed by atoms with Crippen LogP contribution in [0, 0.1) is 6.92 Å². The Bertz CT molecular complexity index is 704. The van der Waals surface area contributed by atoms with Gasteiger partial charge in [0.2, 0.25) is 0 Å². The van der Waals surface area contributed by atoms with Crippen molar-refractivity contribution in [2.24, 2.45) is 5.73 Å². The molecule has 2 rings (SSSR count). The zero-order chi connectivity index (χ0) is 16.3. The topological polar surface area (TPSA) is 99.2 Å². The highest BCUT2D eigenvalue weighted by molar-refractivity contribution is 6.08. The number of aryl methyl sites for hydroxylation is 2. The third-order valence-electron chi connectivity index (χ3n) is 3.25. The van der Waals surface area contributed by atoms with Crippen LogP contribution < -0.4 is 15.8 Å². The molecule has 7 heteroatoms. The number of nitrogens with one attached hydrogen (secondary N) is 1. The van der Waals surface area contributed by atoms with Crippen LogP contribution in [0.15, 0.2) is 24.3 Å². The number of amides is 2. The number of methoxy groups -OCH3 is 1. The van der Waals surface area contributed by atoms with E-state index in [0.29, 0.717) is 29.2 Å². The zero-order valence-corrected chi connectivity index (χ0v) is 12.7. The molecule has 2 aromatic rings. The summed E-state index contributed by atoms with van der Waals surface area (Å²) in [5.74, 6) is -0.319. The first-order chi connectivity index (χ1) is 10.5. The van der Waals surface area contributed by atoms with E-state index < -0.39 is 5.91 Å². The van der Waals surface area contributed by atoms with Crippen LogP contribution in [0.3, 0.4) is 0 Å². The molecule has 0 fully saturated rings. The van der Waals surface area contributed by atoms with E-state index in [2.05, 4.69) is 10.4 Å². The van der Waals surface area contributed by atoms with Crippen LogP contribution in [-0.4, -0.2) is 28.7 Å². The van der Waals surface area contributed by atoms with Gasteiger partial charge in [-0.05, 0) is 38.1 Å². The molecule has 0 aliphatic rings. The second-order valence-electron chi connectivity index (χ2n) is 4.67. The molecule has 0 spiro atoms. The fourth-order valence-electron chi connectivity index (χ4n) is 2.14. The highest BCUT2D eigenvalue weighted by atomic mass is 16.5. The Hall–Kier alpha value is -2.83. The van der Waals surface area contributed by atoms with Gasteiger partial charge in [-0.2, -0.15) is 5.10 Å². The van der Waals surface area contributed by atoms with Gasteiger partial charge in [0.15, 0.2) is 0 Å². The average molecular weight is 302 g/mol. The first-order valence-electron chi connectivity index (χ1n) is 6.80. The van der Waals surface area contributed by atoms with Gasteiger partial charge in [-0.15, -0.1) is 0 Å². The largest absolute Gasteiger partial charge is 0.497 e. The third kappa shape index (κ3) is 2.93. The normalized spacial score (nSPS) is 10.3. The molecule has 0 bridgehead atoms. The van der Waals surface area contributed by atoms with Gasteiger partial charge < -0.3 is 15.8 Å². The summed E-state index contributed by atoms with van der Waals surface area (Å²) in [5, 5.41) is 6.91. The number of hydrogen-bond donors (Lipinski definition) is 2. The van der Waals surface area contributed by atoms with Gasteiger partial charge in [0.1, 0.15) is 11.4 Å². The Kier molecular flexibility index (Phi) is 4.45. The summed E-state index contributed by atoms with van der Waals surface area (Å²) in [5.41, 5.74) is 6.91. The minimum Gasteiger partial charge on any atom is -0.497 e. The number of nitrogens with zero attached hydrogens (tertiary/aromatic N) is 2. The molecule has 116 valence electrons. The van der Waals surface area contributed by atoms with E-state index in [1.165, 1.54) is 4.68 Å². The molecule has 3 N–H and O–H groups in total. The number of carbonyl (C=O) groups excluding carboxylic acids is 2. The van der Waals surface area contributed by atoms with Crippen molar-refractivity contribution in [3.63, 3.8) is 0 Å². The van der Waals surface area contributed by atoms with Gasteiger partial charge >= 0.3 is 0 Å². The maximum Gasteiger partial charge on any atom is 0.269 e. The van der Waals surface area contributed by atoms with Crippen LogP contribution in [0.5, 0.6) is 5.75 Å². The van der Waals surface area contributed by atoms with Crippen LogP contribution in [-0.2, 0) is 6.54 Å². The van der Waals surface area contributed by atoms with Gasteiger partial charge in [-0.3, -0.25) is 14.3 Å². The number of benzene rings is 1. The van der Waals surface area contributed by atoms with E-state index in [4.69, 9.17) is 10.5 Å². The lowest BCUT2D eigenvalue weighted by molar-refractivity contribution is 0.0991. The van der Waals surface area contributed by atoms with Gasteiger partial charge in [0, 0.05) is 12.1 Å². The maximum atomic E-state index is 12.3. The highest BCUT2D eigenvalue weighted by Gasteiger charge is 2.21. The lowest BCUT2D eigenvalue weighted by Crippen LogP contribution is -2.21. The Morgan fingerprint density at radius 3 is 2.45 bits per heavy atom. The first-order valence-corrected chi connectivity index (χ1v) is 6.80. The van der Waals surface area contributed by atoms with Gasteiger partial charge in [-0.25, -0.2) is 0 Å². The SMILES string of the molecule is CCn1nc(C)c(NC(=O)c2ccc(OC)cc2)c1C(N)=O. The standard InChI is InChI=1S/C15H18N4O3/c1-4-19-13(14(16)20)12(9(2)18-19)17-15(21)10-5-7-11(22-3)8-6-10/h5-8H,4H2,1-3H3,(H2,16,20)(H,17,21). The molecule has 1 aromatic heterocycles. The molecule has 7 nitrogen and oxygen atoms in total. The summed E-state index contributed by atoms with van der Waals surface area (Å²) >= 11 is 0. The van der Waals surface area contributed by atoms with Crippen LogP contribution in [0.2, 0.25) is 0 Å². The minimum atomic E-state index is -0.632. The quantitative estimate of drug-likeness (QED) is 0.875. The van der Waals surface area contributed by atoms with Crippen molar-refractivity contribution in [3.8, 4) is 5.75 Å². The molecule has 0 saturated carbocycles. The monoisotopic (exact) mass is 302 g/mol. The number of hydrogen-bond acceptors (Lipinski definition) is 4. The molecule has 0 atom stereocenters. The predicted octanol–water partition coefficient (Wildman–Crippen LogP) is 1.57. The maximum absolute atomic E-state index is 12.3. The summed E-state index contributed by atoms with van der Waals surface area (Å²) in [6.45, 7) is 4.04. The summed E-state index contributed by atoms with van der Waals surface area (Å²) in [6.07, 6.45) is 0. The van der Waals surface area contributed by atoms with Crippen molar-refractivity contribution in [2.45, 2.75) is 20.4 Å². The predicted molar refractivity (Wildman–Crippen MR) is 82.1 cm³/mol. The van der Waals surface area contributed by atoms with Crippen LogP contribution in [0.4, 0.5) is 5.69 Å². The van der Waals surface area contributed by atoms with E-state index in [1.807, 2.05) is 6.92 Å². The molecular formula is C15H18N4O3. The Morgan fingerprint density at radius 2 is 1.95 bits per heavy atom. The summed E-state index contributed by atoms with van der Waals surface area (Å²) < 4.78 is 6.52. The van der Waals surface area contributed by atoms with E-state index >= 15 is 0 Å². The molecular weight excluding hydrogens is 284 g/mol. The number of rotatable bonds is 5. The number of nitrogens with two attached hydrogens (primary N) is 1. The van der Waals surface area contributed by atoms with E-state index in [9.17, 15) is 9.59 Å². The number of anilines is 1. The molecule has 1 aromatic carbocycles. The molecule has 0 unspecified atom stereocenters. The van der Waals surface area contributed by atoms with Crippen molar-refractivity contribution in [3.05, 3.63) is 41.2 Å². The number of ether oxygens (including phenoxy) is 1. The second-order valence-corrected chi connectivity index (χ2v) is 4.67. The molecule has 2 amide bonds. The van der Waals surface area contributed by atoms with Crippen LogP contribution in [0.1, 0.15) is 33.5 Å². The lowest BCUT2D eigenvalue weighted by Gasteiger charge is -2.07. The van der Waals surface area contributed by atoms with E-state index in [-0.39, 0.29) is 11.6 Å². The van der Waals surface area contributed by atoms with Crippen molar-refractivity contribution in [1.82, 2.24) is 9.78 Å². The number of aromatic nitrogens is 2. The first kappa shape index (κ1) is 15.6. The summed E-state index contributed by atoms with van der Waals surface area (Å²) in [6, 6.07) is 6.65. The highest BCUT2D eigenvalue weighted by Crippen LogP contribution is 2.21. The lowest BCUT2D eigenvalue weighted by atomic mass is 10.2. The zero-order valence-electron chi connectivity index (χ0n) is 12.7. The second kappa shape index (κ2) is 6.30. The molecule has 0 aliphatic carbocycles.